The molecule has 148 valence electrons. The zero-order chi connectivity index (χ0) is 20.3. The molecule has 29 heavy (non-hydrogen) atoms. The van der Waals surface area contributed by atoms with Gasteiger partial charge in [0.05, 0.1) is 12.3 Å². The Morgan fingerprint density at radius 1 is 1.28 bits per heavy atom. The van der Waals surface area contributed by atoms with Crippen LogP contribution < -0.4 is 10.2 Å². The van der Waals surface area contributed by atoms with Crippen molar-refractivity contribution in [1.29, 1.82) is 0 Å². The van der Waals surface area contributed by atoms with Gasteiger partial charge in [0, 0.05) is 41.4 Å². The number of carboxylic acids is 1. The second-order valence-electron chi connectivity index (χ2n) is 8.03. The van der Waals surface area contributed by atoms with E-state index in [1.54, 1.807) is 11.3 Å². The van der Waals surface area contributed by atoms with Gasteiger partial charge in [0.2, 0.25) is 0 Å². The lowest BCUT2D eigenvalue weighted by molar-refractivity contribution is 0.0694. The summed E-state index contributed by atoms with van der Waals surface area (Å²) in [5, 5.41) is 13.6. The van der Waals surface area contributed by atoms with E-state index in [0.29, 0.717) is 12.5 Å². The number of aromatic nitrogens is 1. The van der Waals surface area contributed by atoms with Crippen LogP contribution in [0.2, 0.25) is 0 Å². The molecule has 0 radical (unpaired) electrons. The fourth-order valence-electron chi connectivity index (χ4n) is 4.60. The molecule has 5 nitrogen and oxygen atoms in total. The van der Waals surface area contributed by atoms with Gasteiger partial charge in [-0.3, -0.25) is 4.79 Å². The Bertz CT molecular complexity index is 1190. The molecule has 6 heteroatoms. The van der Waals surface area contributed by atoms with Crippen LogP contribution in [0.5, 0.6) is 5.75 Å². The third-order valence-corrected chi connectivity index (χ3v) is 6.74. The summed E-state index contributed by atoms with van der Waals surface area (Å²) in [6, 6.07) is 5.78. The van der Waals surface area contributed by atoms with E-state index in [1.807, 2.05) is 9.95 Å². The molecule has 3 aromatic rings. The van der Waals surface area contributed by atoms with Crippen LogP contribution in [0.4, 0.5) is 0 Å². The predicted molar refractivity (Wildman–Crippen MR) is 113 cm³/mol. The lowest BCUT2D eigenvalue weighted by Crippen LogP contribution is -2.28. The van der Waals surface area contributed by atoms with Gasteiger partial charge in [0.15, 0.2) is 5.43 Å². The van der Waals surface area contributed by atoms with Gasteiger partial charge in [-0.2, -0.15) is 11.3 Å². The number of aromatic carboxylic acids is 1. The summed E-state index contributed by atoms with van der Waals surface area (Å²) in [7, 11) is 0. The van der Waals surface area contributed by atoms with Gasteiger partial charge in [-0.05, 0) is 46.4 Å². The van der Waals surface area contributed by atoms with E-state index in [1.165, 1.54) is 23.4 Å². The van der Waals surface area contributed by atoms with Gasteiger partial charge in [-0.15, -0.1) is 0 Å². The lowest BCUT2D eigenvalue weighted by atomic mass is 9.82. The summed E-state index contributed by atoms with van der Waals surface area (Å²) in [6.45, 7) is 4.93. The van der Waals surface area contributed by atoms with Crippen LogP contribution in [0.3, 0.4) is 0 Å². The number of hydrogen-bond acceptors (Lipinski definition) is 4. The molecule has 2 aliphatic heterocycles. The number of nitrogens with zero attached hydrogens (tertiary/aromatic N) is 1. The largest absolute Gasteiger partial charge is 0.492 e. The quantitative estimate of drug-likeness (QED) is 0.687. The lowest BCUT2D eigenvalue weighted by Gasteiger charge is -2.34. The second-order valence-corrected chi connectivity index (χ2v) is 8.81. The smallest absolute Gasteiger partial charge is 0.341 e. The Labute approximate surface area is 172 Å². The Hall–Kier alpha value is -2.86. The molecule has 1 N–H and O–H groups in total. The van der Waals surface area contributed by atoms with Crippen molar-refractivity contribution in [2.24, 2.45) is 5.92 Å². The molecule has 0 aliphatic carbocycles. The fraction of sp³-hybridized carbons (Fsp3) is 0.304. The number of ether oxygens (including phenoxy) is 1. The monoisotopic (exact) mass is 407 g/mol. The highest BCUT2D eigenvalue weighted by Crippen LogP contribution is 2.48. The summed E-state index contributed by atoms with van der Waals surface area (Å²) in [5.41, 5.74) is 5.80. The third kappa shape index (κ3) is 2.74. The van der Waals surface area contributed by atoms with Crippen LogP contribution >= 0.6 is 11.3 Å². The van der Waals surface area contributed by atoms with Crippen molar-refractivity contribution in [3.05, 3.63) is 62.1 Å². The molecular weight excluding hydrogens is 386 g/mol. The fourth-order valence-corrected chi connectivity index (χ4v) is 5.26. The molecule has 0 spiro atoms. The first-order chi connectivity index (χ1) is 14.0. The zero-order valence-corrected chi connectivity index (χ0v) is 17.1. The summed E-state index contributed by atoms with van der Waals surface area (Å²) in [5.74, 6) is 0.0723. The molecule has 0 bridgehead atoms. The van der Waals surface area contributed by atoms with Crippen molar-refractivity contribution in [3.63, 3.8) is 0 Å². The SMILES string of the molecule is CC(C)[C@@H]1Cc2c(cc(-c3ccsc3)c3c2CCO3)-c2cc(=O)c(C(=O)O)cn21. The van der Waals surface area contributed by atoms with Crippen LogP contribution in [0.15, 0.2) is 40.0 Å². The number of thiophene rings is 1. The first-order valence-corrected chi connectivity index (χ1v) is 10.7. The molecule has 0 saturated heterocycles. The maximum absolute atomic E-state index is 12.5. The van der Waals surface area contributed by atoms with Crippen molar-refractivity contribution < 1.29 is 14.6 Å². The van der Waals surface area contributed by atoms with E-state index in [9.17, 15) is 14.7 Å². The maximum atomic E-state index is 12.5. The number of rotatable bonds is 3. The molecule has 0 saturated carbocycles. The van der Waals surface area contributed by atoms with Gasteiger partial charge in [0.25, 0.3) is 0 Å². The number of fused-ring (bicyclic) bond motifs is 5. The van der Waals surface area contributed by atoms with Crippen molar-refractivity contribution in [3.8, 4) is 28.1 Å². The molecule has 5 rings (SSSR count). The predicted octanol–water partition coefficient (Wildman–Crippen LogP) is 4.63. The molecule has 2 aliphatic rings. The molecular formula is C23H21NO4S. The van der Waals surface area contributed by atoms with E-state index in [2.05, 4.69) is 31.4 Å². The topological polar surface area (TPSA) is 68.5 Å². The minimum Gasteiger partial charge on any atom is -0.492 e. The van der Waals surface area contributed by atoms with Crippen molar-refractivity contribution in [2.75, 3.05) is 6.61 Å². The first kappa shape index (κ1) is 18.2. The highest BCUT2D eigenvalue weighted by atomic mass is 32.1. The van der Waals surface area contributed by atoms with Crippen LogP contribution in [0.1, 0.15) is 41.4 Å². The minimum absolute atomic E-state index is 0.0906. The van der Waals surface area contributed by atoms with E-state index in [-0.39, 0.29) is 11.6 Å². The molecule has 1 atom stereocenters. The van der Waals surface area contributed by atoms with Crippen LogP contribution in [0.25, 0.3) is 22.4 Å². The number of carbonyl (C=O) groups is 1. The third-order valence-electron chi connectivity index (χ3n) is 6.05. The van der Waals surface area contributed by atoms with E-state index in [0.717, 1.165) is 41.0 Å². The van der Waals surface area contributed by atoms with Crippen LogP contribution in [0, 0.1) is 5.92 Å². The Kier molecular flexibility index (Phi) is 4.13. The van der Waals surface area contributed by atoms with Crippen LogP contribution in [-0.4, -0.2) is 22.2 Å². The number of benzene rings is 1. The second kappa shape index (κ2) is 6.59. The van der Waals surface area contributed by atoms with Gasteiger partial charge in [-0.25, -0.2) is 4.79 Å². The number of pyridine rings is 1. The molecule has 0 fully saturated rings. The maximum Gasteiger partial charge on any atom is 0.341 e. The minimum atomic E-state index is -1.18. The number of hydrogen-bond donors (Lipinski definition) is 1. The Balaban J connectivity index is 1.83. The Morgan fingerprint density at radius 2 is 2.10 bits per heavy atom. The summed E-state index contributed by atoms with van der Waals surface area (Å²) >= 11 is 1.64. The van der Waals surface area contributed by atoms with E-state index in [4.69, 9.17) is 4.74 Å². The average molecular weight is 407 g/mol. The number of carboxylic acid groups (broad SMARTS) is 1. The van der Waals surface area contributed by atoms with E-state index >= 15 is 0 Å². The highest BCUT2D eigenvalue weighted by Gasteiger charge is 2.33. The first-order valence-electron chi connectivity index (χ1n) is 9.79. The highest BCUT2D eigenvalue weighted by molar-refractivity contribution is 7.08. The molecule has 0 unspecified atom stereocenters. The molecule has 4 heterocycles. The molecule has 0 amide bonds. The standard InChI is InChI=1S/C23H21NO4S/c1-12(2)19-8-16-14-3-5-28-22(14)15(13-4-6-29-11-13)7-17(16)20-9-21(25)18(23(26)27)10-24(19)20/h4,6-7,9-12,19H,3,5,8H2,1-2H3,(H,26,27)/t19-/m0/s1. The zero-order valence-electron chi connectivity index (χ0n) is 16.3. The molecule has 2 aromatic heterocycles. The molecule has 1 aromatic carbocycles. The summed E-state index contributed by atoms with van der Waals surface area (Å²) < 4.78 is 8.03. The Morgan fingerprint density at radius 3 is 2.79 bits per heavy atom. The van der Waals surface area contributed by atoms with Gasteiger partial charge in [-0.1, -0.05) is 13.8 Å². The van der Waals surface area contributed by atoms with Crippen LogP contribution in [-0.2, 0) is 12.8 Å². The summed E-state index contributed by atoms with van der Waals surface area (Å²) in [6.07, 6.45) is 3.19. The summed E-state index contributed by atoms with van der Waals surface area (Å²) in [4.78, 5) is 24.1. The average Bonchev–Trinajstić information content (AvgIpc) is 3.38. The van der Waals surface area contributed by atoms with Gasteiger partial charge >= 0.3 is 5.97 Å². The van der Waals surface area contributed by atoms with Crippen molar-refractivity contribution in [1.82, 2.24) is 4.57 Å². The van der Waals surface area contributed by atoms with Gasteiger partial charge in [0.1, 0.15) is 11.3 Å². The van der Waals surface area contributed by atoms with E-state index < -0.39 is 11.4 Å². The van der Waals surface area contributed by atoms with Gasteiger partial charge < -0.3 is 14.4 Å². The van der Waals surface area contributed by atoms with Crippen molar-refractivity contribution >= 4 is 17.3 Å². The normalized spacial score (nSPS) is 16.9. The van der Waals surface area contributed by atoms with Crippen molar-refractivity contribution in [2.45, 2.75) is 32.7 Å².